The molecule has 0 saturated carbocycles. The van der Waals surface area contributed by atoms with Crippen LogP contribution in [0.2, 0.25) is 0 Å². The van der Waals surface area contributed by atoms with Crippen LogP contribution in [0.25, 0.3) is 16.9 Å². The topological polar surface area (TPSA) is 82.5 Å². The second kappa shape index (κ2) is 11.3. The summed E-state index contributed by atoms with van der Waals surface area (Å²) in [5, 5.41) is 5.68. The minimum atomic E-state index is -0.307. The number of carbonyl (C=O) groups excluding carboxylic acids is 2. The molecule has 0 radical (unpaired) electrons. The number of carbonyl (C=O) groups is 2. The van der Waals surface area contributed by atoms with Gasteiger partial charge in [0.05, 0.1) is 5.69 Å². The fraction of sp³-hybridized carbons (Fsp3) is 0.320. The van der Waals surface area contributed by atoms with Gasteiger partial charge >= 0.3 is 6.03 Å². The van der Waals surface area contributed by atoms with E-state index in [0.29, 0.717) is 25.6 Å². The van der Waals surface area contributed by atoms with Crippen LogP contribution in [0.15, 0.2) is 60.8 Å². The molecule has 8 nitrogen and oxygen atoms in total. The molecule has 33 heavy (non-hydrogen) atoms. The number of aryl methyl sites for hydroxylation is 1. The van der Waals surface area contributed by atoms with Crippen molar-refractivity contribution in [2.75, 3.05) is 45.6 Å². The van der Waals surface area contributed by atoms with Crippen molar-refractivity contribution in [1.29, 1.82) is 0 Å². The minimum Gasteiger partial charge on any atom is -0.338 e. The third-order valence-electron chi connectivity index (χ3n) is 5.11. The molecule has 0 aliphatic heterocycles. The molecule has 0 saturated heterocycles. The molecule has 0 atom stereocenters. The molecule has 2 N–H and O–H groups in total. The molecule has 3 aromatic rings. The molecular weight excluding hydrogens is 416 g/mol. The Balaban J connectivity index is 1.85. The number of hydrogen-bond acceptors (Lipinski definition) is 4. The highest BCUT2D eigenvalue weighted by atomic mass is 16.2. The van der Waals surface area contributed by atoms with E-state index in [4.69, 9.17) is 0 Å². The zero-order valence-electron chi connectivity index (χ0n) is 19.7. The number of hydrogen-bond donors (Lipinski definition) is 2. The van der Waals surface area contributed by atoms with E-state index in [2.05, 4.69) is 15.6 Å². The van der Waals surface area contributed by atoms with Crippen LogP contribution >= 0.6 is 0 Å². The first kappa shape index (κ1) is 24.0. The number of rotatable bonds is 9. The van der Waals surface area contributed by atoms with Gasteiger partial charge in [-0.2, -0.15) is 0 Å². The first-order valence-corrected chi connectivity index (χ1v) is 11.1. The predicted molar refractivity (Wildman–Crippen MR) is 132 cm³/mol. The van der Waals surface area contributed by atoms with E-state index in [1.807, 2.05) is 98.2 Å². The molecule has 0 bridgehead atoms. The summed E-state index contributed by atoms with van der Waals surface area (Å²) in [5.74, 6) is 0.102. The Bertz CT molecular complexity index is 1060. The lowest BCUT2D eigenvalue weighted by Crippen LogP contribution is -2.46. The second-order valence-electron chi connectivity index (χ2n) is 8.13. The molecule has 0 aliphatic rings. The van der Waals surface area contributed by atoms with Gasteiger partial charge in [-0.3, -0.25) is 14.7 Å². The third-order valence-corrected chi connectivity index (χ3v) is 5.11. The van der Waals surface area contributed by atoms with Crippen molar-refractivity contribution in [1.82, 2.24) is 24.7 Å². The van der Waals surface area contributed by atoms with Gasteiger partial charge in [-0.05, 0) is 40.1 Å². The third kappa shape index (κ3) is 6.66. The minimum absolute atomic E-state index is 0.0684. The summed E-state index contributed by atoms with van der Waals surface area (Å²) in [6.07, 6.45) is 1.91. The number of urea groups is 1. The largest absolute Gasteiger partial charge is 0.338 e. The first-order valence-electron chi connectivity index (χ1n) is 11.1. The maximum absolute atomic E-state index is 13.0. The zero-order chi connectivity index (χ0) is 23.8. The number of imidazole rings is 1. The van der Waals surface area contributed by atoms with Gasteiger partial charge in [0.2, 0.25) is 11.9 Å². The van der Waals surface area contributed by atoms with Crippen LogP contribution in [0.1, 0.15) is 12.5 Å². The normalized spacial score (nSPS) is 10.8. The average molecular weight is 449 g/mol. The van der Waals surface area contributed by atoms with Crippen molar-refractivity contribution in [3.8, 4) is 16.9 Å². The van der Waals surface area contributed by atoms with E-state index in [9.17, 15) is 9.59 Å². The van der Waals surface area contributed by atoms with Gasteiger partial charge in [0.1, 0.15) is 6.54 Å². The molecule has 3 amide bonds. The standard InChI is InChI=1S/C25H32N6O2/c1-5-26-25(33)30(16-15-29(3)4)18-23(32)28-24-27-22(20-9-7-6-8-10-20)17-31(24)21-13-11-19(2)12-14-21/h6-14,17H,5,15-16,18H2,1-4H3,(H,26,33)(H,27,28,32). The van der Waals surface area contributed by atoms with Crippen LogP contribution in [-0.4, -0.2) is 71.6 Å². The van der Waals surface area contributed by atoms with Crippen LogP contribution in [0.5, 0.6) is 0 Å². The molecule has 8 heteroatoms. The fourth-order valence-electron chi connectivity index (χ4n) is 3.29. The second-order valence-corrected chi connectivity index (χ2v) is 8.13. The van der Waals surface area contributed by atoms with E-state index >= 15 is 0 Å². The summed E-state index contributed by atoms with van der Waals surface area (Å²) in [6.45, 7) is 5.40. The lowest BCUT2D eigenvalue weighted by molar-refractivity contribution is -0.116. The van der Waals surface area contributed by atoms with Crippen LogP contribution in [-0.2, 0) is 4.79 Å². The predicted octanol–water partition coefficient (Wildman–Crippen LogP) is 3.38. The van der Waals surface area contributed by atoms with Gasteiger partial charge in [0.25, 0.3) is 0 Å². The van der Waals surface area contributed by atoms with Crippen molar-refractivity contribution in [3.63, 3.8) is 0 Å². The van der Waals surface area contributed by atoms with E-state index in [1.165, 1.54) is 4.90 Å². The van der Waals surface area contributed by atoms with Gasteiger partial charge in [-0.15, -0.1) is 0 Å². The van der Waals surface area contributed by atoms with Crippen LogP contribution in [0, 0.1) is 6.92 Å². The van der Waals surface area contributed by atoms with Gasteiger partial charge in [0.15, 0.2) is 0 Å². The highest BCUT2D eigenvalue weighted by molar-refractivity contribution is 5.93. The Kier molecular flexibility index (Phi) is 8.21. The number of amides is 3. The molecule has 1 heterocycles. The van der Waals surface area contributed by atoms with Crippen molar-refractivity contribution < 1.29 is 9.59 Å². The molecule has 0 fully saturated rings. The molecular formula is C25H32N6O2. The van der Waals surface area contributed by atoms with Crippen molar-refractivity contribution in [2.45, 2.75) is 13.8 Å². The SMILES string of the molecule is CCNC(=O)N(CCN(C)C)CC(=O)Nc1nc(-c2ccccc2)cn1-c1ccc(C)cc1. The Labute approximate surface area is 195 Å². The molecule has 0 spiro atoms. The lowest BCUT2D eigenvalue weighted by Gasteiger charge is -2.24. The van der Waals surface area contributed by atoms with Gasteiger partial charge in [0, 0.05) is 37.1 Å². The summed E-state index contributed by atoms with van der Waals surface area (Å²) in [7, 11) is 3.86. The fourth-order valence-corrected chi connectivity index (χ4v) is 3.29. The monoisotopic (exact) mass is 448 g/mol. The number of aromatic nitrogens is 2. The summed E-state index contributed by atoms with van der Waals surface area (Å²) < 4.78 is 1.86. The number of nitrogens with zero attached hydrogens (tertiary/aromatic N) is 4. The average Bonchev–Trinajstić information content (AvgIpc) is 3.21. The summed E-state index contributed by atoms with van der Waals surface area (Å²) in [6, 6.07) is 17.5. The number of anilines is 1. The van der Waals surface area contributed by atoms with Crippen LogP contribution in [0.4, 0.5) is 10.7 Å². The van der Waals surface area contributed by atoms with E-state index in [1.54, 1.807) is 0 Å². The van der Waals surface area contributed by atoms with Crippen LogP contribution < -0.4 is 10.6 Å². The molecule has 174 valence electrons. The summed E-state index contributed by atoms with van der Waals surface area (Å²) in [4.78, 5) is 33.6. The van der Waals surface area contributed by atoms with E-state index in [0.717, 1.165) is 22.5 Å². The Morgan fingerprint density at radius 3 is 2.33 bits per heavy atom. The van der Waals surface area contributed by atoms with Gasteiger partial charge < -0.3 is 15.1 Å². The lowest BCUT2D eigenvalue weighted by atomic mass is 10.2. The molecule has 0 aliphatic carbocycles. The number of likely N-dealkylation sites (N-methyl/N-ethyl adjacent to an activating group) is 1. The Morgan fingerprint density at radius 2 is 1.70 bits per heavy atom. The Morgan fingerprint density at radius 1 is 1.00 bits per heavy atom. The first-order chi connectivity index (χ1) is 15.9. The van der Waals surface area contributed by atoms with Crippen molar-refractivity contribution >= 4 is 17.9 Å². The van der Waals surface area contributed by atoms with Crippen molar-refractivity contribution in [3.05, 3.63) is 66.4 Å². The maximum Gasteiger partial charge on any atom is 0.317 e. The molecule has 1 aromatic heterocycles. The maximum atomic E-state index is 13.0. The summed E-state index contributed by atoms with van der Waals surface area (Å²) in [5.41, 5.74) is 3.73. The van der Waals surface area contributed by atoms with Gasteiger partial charge in [-0.1, -0.05) is 48.0 Å². The highest BCUT2D eigenvalue weighted by Gasteiger charge is 2.19. The Hall–Kier alpha value is -3.65. The molecule has 2 aromatic carbocycles. The van der Waals surface area contributed by atoms with Gasteiger partial charge in [-0.25, -0.2) is 9.78 Å². The summed E-state index contributed by atoms with van der Waals surface area (Å²) >= 11 is 0. The zero-order valence-corrected chi connectivity index (χ0v) is 19.7. The highest BCUT2D eigenvalue weighted by Crippen LogP contribution is 2.24. The number of benzene rings is 2. The quantitative estimate of drug-likeness (QED) is 0.526. The van der Waals surface area contributed by atoms with E-state index < -0.39 is 0 Å². The number of nitrogens with one attached hydrogen (secondary N) is 2. The van der Waals surface area contributed by atoms with E-state index in [-0.39, 0.29) is 18.5 Å². The van der Waals surface area contributed by atoms with Crippen molar-refractivity contribution in [2.24, 2.45) is 0 Å². The molecule has 0 unspecified atom stereocenters. The molecule has 3 rings (SSSR count). The smallest absolute Gasteiger partial charge is 0.317 e. The van der Waals surface area contributed by atoms with Crippen LogP contribution in [0.3, 0.4) is 0 Å².